The molecule has 1 aromatic carbocycles. The fraction of sp³-hybridized carbons (Fsp3) is 0.421. The van der Waals surface area contributed by atoms with E-state index in [1.165, 1.54) is 0 Å². The summed E-state index contributed by atoms with van der Waals surface area (Å²) in [7, 11) is 0. The van der Waals surface area contributed by atoms with E-state index in [0.29, 0.717) is 30.0 Å². The van der Waals surface area contributed by atoms with Crippen molar-refractivity contribution < 1.29 is 9.21 Å². The standard InChI is InChI=1S/C19H19BrN4O3/c1-9-12(20)5-4-11-16(9)24(10-2-3-10)19(26)15-17(11)27-14(22-15)8-23-7-6-13(21)18(23)25/h4-5,10,13H,2-3,6-8,21H2,1H3. The number of fused-ring (bicyclic) bond motifs is 3. The quantitative estimate of drug-likeness (QED) is 0.688. The molecule has 1 saturated carbocycles. The van der Waals surface area contributed by atoms with E-state index in [4.69, 9.17) is 10.2 Å². The molecule has 1 amide bonds. The molecule has 1 aliphatic carbocycles. The Kier molecular flexibility index (Phi) is 3.70. The van der Waals surface area contributed by atoms with Crippen LogP contribution in [0.1, 0.15) is 36.8 Å². The Morgan fingerprint density at radius 1 is 1.30 bits per heavy atom. The summed E-state index contributed by atoms with van der Waals surface area (Å²) in [6.07, 6.45) is 2.62. The van der Waals surface area contributed by atoms with Gasteiger partial charge in [0.15, 0.2) is 11.1 Å². The molecule has 7 nitrogen and oxygen atoms in total. The van der Waals surface area contributed by atoms with Crippen LogP contribution in [0.4, 0.5) is 0 Å². The zero-order valence-electron chi connectivity index (χ0n) is 14.9. The highest BCUT2D eigenvalue weighted by atomic mass is 79.9. The minimum atomic E-state index is -0.456. The molecule has 1 unspecified atom stereocenters. The first-order valence-corrected chi connectivity index (χ1v) is 9.92. The van der Waals surface area contributed by atoms with Crippen molar-refractivity contribution in [1.82, 2.24) is 14.5 Å². The predicted molar refractivity (Wildman–Crippen MR) is 104 cm³/mol. The minimum Gasteiger partial charge on any atom is -0.438 e. The topological polar surface area (TPSA) is 94.4 Å². The van der Waals surface area contributed by atoms with Crippen molar-refractivity contribution in [2.45, 2.75) is 44.8 Å². The van der Waals surface area contributed by atoms with Crippen LogP contribution >= 0.6 is 15.9 Å². The van der Waals surface area contributed by atoms with Crippen LogP contribution in [-0.4, -0.2) is 32.9 Å². The van der Waals surface area contributed by atoms with Crippen molar-refractivity contribution in [3.8, 4) is 0 Å². The van der Waals surface area contributed by atoms with Gasteiger partial charge in [-0.05, 0) is 43.9 Å². The monoisotopic (exact) mass is 430 g/mol. The third-order valence-corrected chi connectivity index (χ3v) is 6.38. The molecular weight excluding hydrogens is 412 g/mol. The normalized spacial score (nSPS) is 20.3. The molecule has 2 N–H and O–H groups in total. The molecule has 140 valence electrons. The van der Waals surface area contributed by atoms with Gasteiger partial charge in [-0.1, -0.05) is 15.9 Å². The molecule has 1 atom stereocenters. The van der Waals surface area contributed by atoms with Gasteiger partial charge in [-0.2, -0.15) is 0 Å². The molecule has 2 aliphatic rings. The van der Waals surface area contributed by atoms with Crippen molar-refractivity contribution in [3.63, 3.8) is 0 Å². The second-order valence-corrected chi connectivity index (χ2v) is 8.27. The number of hydrogen-bond acceptors (Lipinski definition) is 5. The number of amides is 1. The summed E-state index contributed by atoms with van der Waals surface area (Å²) in [5.41, 5.74) is 8.40. The van der Waals surface area contributed by atoms with E-state index in [9.17, 15) is 9.59 Å². The molecule has 5 rings (SSSR count). The van der Waals surface area contributed by atoms with Gasteiger partial charge < -0.3 is 19.6 Å². The minimum absolute atomic E-state index is 0.0997. The van der Waals surface area contributed by atoms with E-state index in [2.05, 4.69) is 20.9 Å². The van der Waals surface area contributed by atoms with Crippen LogP contribution in [0, 0.1) is 6.92 Å². The lowest BCUT2D eigenvalue weighted by atomic mass is 10.1. The van der Waals surface area contributed by atoms with E-state index in [1.54, 1.807) is 4.90 Å². The van der Waals surface area contributed by atoms with Gasteiger partial charge in [0, 0.05) is 22.4 Å². The molecule has 3 aromatic rings. The first-order chi connectivity index (χ1) is 13.0. The van der Waals surface area contributed by atoms with Gasteiger partial charge >= 0.3 is 0 Å². The van der Waals surface area contributed by atoms with Crippen LogP contribution in [0.5, 0.6) is 0 Å². The zero-order chi connectivity index (χ0) is 18.9. The Labute approximate surface area is 163 Å². The maximum Gasteiger partial charge on any atom is 0.281 e. The summed E-state index contributed by atoms with van der Waals surface area (Å²) in [6, 6.07) is 3.68. The van der Waals surface area contributed by atoms with Gasteiger partial charge in [0.2, 0.25) is 11.8 Å². The number of pyridine rings is 1. The van der Waals surface area contributed by atoms with Gasteiger partial charge in [0.05, 0.1) is 18.1 Å². The smallest absolute Gasteiger partial charge is 0.281 e. The fourth-order valence-corrected chi connectivity index (χ4v) is 4.23. The van der Waals surface area contributed by atoms with Gasteiger partial charge in [-0.25, -0.2) is 4.98 Å². The van der Waals surface area contributed by atoms with Crippen molar-refractivity contribution in [2.75, 3.05) is 6.54 Å². The van der Waals surface area contributed by atoms with Crippen LogP contribution < -0.4 is 11.3 Å². The van der Waals surface area contributed by atoms with Crippen LogP contribution in [0.15, 0.2) is 25.8 Å². The van der Waals surface area contributed by atoms with Gasteiger partial charge in [0.1, 0.15) is 0 Å². The number of carbonyl (C=O) groups is 1. The molecule has 3 heterocycles. The highest BCUT2D eigenvalue weighted by Gasteiger charge is 2.32. The van der Waals surface area contributed by atoms with Crippen LogP contribution in [0.25, 0.3) is 22.0 Å². The first kappa shape index (κ1) is 16.9. The number of benzene rings is 1. The van der Waals surface area contributed by atoms with Gasteiger partial charge in [0.25, 0.3) is 5.56 Å². The number of carbonyl (C=O) groups excluding carboxylic acids is 1. The number of aromatic nitrogens is 2. The Morgan fingerprint density at radius 2 is 2.07 bits per heavy atom. The molecule has 0 bridgehead atoms. The summed E-state index contributed by atoms with van der Waals surface area (Å²) in [6.45, 7) is 2.82. The SMILES string of the molecule is Cc1c(Br)ccc2c3oc(CN4CCC(N)C4=O)nc3c(=O)n(C3CC3)c12. The maximum atomic E-state index is 13.2. The zero-order valence-corrected chi connectivity index (χ0v) is 16.5. The third kappa shape index (κ3) is 2.54. The second kappa shape index (κ2) is 5.90. The lowest BCUT2D eigenvalue weighted by Gasteiger charge is -2.13. The summed E-state index contributed by atoms with van der Waals surface area (Å²) in [5.74, 6) is 0.275. The van der Waals surface area contributed by atoms with Crippen molar-refractivity contribution >= 4 is 43.8 Å². The van der Waals surface area contributed by atoms with Crippen LogP contribution in [0.2, 0.25) is 0 Å². The van der Waals surface area contributed by atoms with Gasteiger partial charge in [-0.3, -0.25) is 9.59 Å². The van der Waals surface area contributed by atoms with Crippen molar-refractivity contribution in [2.24, 2.45) is 5.73 Å². The largest absolute Gasteiger partial charge is 0.438 e. The van der Waals surface area contributed by atoms with Crippen molar-refractivity contribution in [1.29, 1.82) is 0 Å². The molecule has 0 radical (unpaired) electrons. The Balaban J connectivity index is 1.72. The summed E-state index contributed by atoms with van der Waals surface area (Å²) >= 11 is 3.57. The van der Waals surface area contributed by atoms with Crippen LogP contribution in [0.3, 0.4) is 0 Å². The van der Waals surface area contributed by atoms with E-state index < -0.39 is 6.04 Å². The molecule has 2 fully saturated rings. The maximum absolute atomic E-state index is 13.2. The van der Waals surface area contributed by atoms with E-state index in [0.717, 1.165) is 33.8 Å². The Bertz CT molecular complexity index is 1160. The van der Waals surface area contributed by atoms with E-state index >= 15 is 0 Å². The Morgan fingerprint density at radius 3 is 2.74 bits per heavy atom. The van der Waals surface area contributed by atoms with Gasteiger partial charge in [-0.15, -0.1) is 0 Å². The first-order valence-electron chi connectivity index (χ1n) is 9.13. The Hall–Kier alpha value is -2.19. The number of likely N-dealkylation sites (tertiary alicyclic amines) is 1. The molecule has 1 aliphatic heterocycles. The molecule has 0 spiro atoms. The highest BCUT2D eigenvalue weighted by Crippen LogP contribution is 2.39. The summed E-state index contributed by atoms with van der Waals surface area (Å²) in [5, 5.41) is 0.875. The number of nitrogens with two attached hydrogens (primary N) is 1. The number of hydrogen-bond donors (Lipinski definition) is 1. The molecule has 8 heteroatoms. The molecule has 2 aromatic heterocycles. The van der Waals surface area contributed by atoms with E-state index in [-0.39, 0.29) is 24.1 Å². The highest BCUT2D eigenvalue weighted by molar-refractivity contribution is 9.10. The average molecular weight is 431 g/mol. The number of halogens is 1. The molecule has 1 saturated heterocycles. The second-order valence-electron chi connectivity index (χ2n) is 7.42. The number of oxazole rings is 1. The number of rotatable bonds is 3. The summed E-state index contributed by atoms with van der Waals surface area (Å²) < 4.78 is 8.80. The molecular formula is C19H19BrN4O3. The third-order valence-electron chi connectivity index (χ3n) is 5.52. The van der Waals surface area contributed by atoms with E-state index in [1.807, 2.05) is 23.6 Å². The molecule has 27 heavy (non-hydrogen) atoms. The van der Waals surface area contributed by atoms with Crippen LogP contribution in [-0.2, 0) is 11.3 Å². The van der Waals surface area contributed by atoms with Crippen molar-refractivity contribution in [3.05, 3.63) is 38.4 Å². The summed E-state index contributed by atoms with van der Waals surface area (Å²) in [4.78, 5) is 31.4. The lowest BCUT2D eigenvalue weighted by Crippen LogP contribution is -2.33. The number of nitrogens with zero attached hydrogens (tertiary/aromatic N) is 3. The lowest BCUT2D eigenvalue weighted by molar-refractivity contribution is -0.129. The predicted octanol–water partition coefficient (Wildman–Crippen LogP) is 2.61. The number of aryl methyl sites for hydroxylation is 1. The fourth-order valence-electron chi connectivity index (χ4n) is 3.91. The average Bonchev–Trinajstić information content (AvgIpc) is 3.32.